The van der Waals surface area contributed by atoms with E-state index < -0.39 is 11.7 Å². The summed E-state index contributed by atoms with van der Waals surface area (Å²) in [6, 6.07) is 13.8. The SMILES string of the molecule is C[C@@H](CN(CCCOc1cccc(CCO)c1)Cc1cccc(C(F)(F)F)c1Cl)c1ccsc1.Cl. The van der Waals surface area contributed by atoms with Gasteiger partial charge >= 0.3 is 6.18 Å². The number of nitrogens with zero attached hydrogens (tertiary/aromatic N) is 1. The lowest BCUT2D eigenvalue weighted by atomic mass is 10.0. The quantitative estimate of drug-likeness (QED) is 0.239. The van der Waals surface area contributed by atoms with Gasteiger partial charge in [0.2, 0.25) is 0 Å². The molecule has 1 atom stereocenters. The average molecular weight is 548 g/mol. The largest absolute Gasteiger partial charge is 0.494 e. The zero-order chi connectivity index (χ0) is 24.6. The first-order chi connectivity index (χ1) is 16.3. The molecular weight excluding hydrogens is 518 g/mol. The Labute approximate surface area is 219 Å². The van der Waals surface area contributed by atoms with Crippen molar-refractivity contribution in [3.8, 4) is 5.75 Å². The Bertz CT molecular complexity index is 1030. The molecule has 0 saturated carbocycles. The van der Waals surface area contributed by atoms with Crippen LogP contribution >= 0.6 is 35.3 Å². The Balaban J connectivity index is 0.00000432. The van der Waals surface area contributed by atoms with Crippen LogP contribution in [-0.4, -0.2) is 36.3 Å². The Kier molecular flexibility index (Phi) is 11.9. The van der Waals surface area contributed by atoms with E-state index in [4.69, 9.17) is 21.4 Å². The maximum Gasteiger partial charge on any atom is 0.417 e. The van der Waals surface area contributed by atoms with Crippen LogP contribution < -0.4 is 4.74 Å². The molecule has 0 aliphatic carbocycles. The van der Waals surface area contributed by atoms with Crippen molar-refractivity contribution in [1.29, 1.82) is 0 Å². The molecular formula is C26H30Cl2F3NO2S. The van der Waals surface area contributed by atoms with Crippen LogP contribution in [0.1, 0.15) is 41.5 Å². The van der Waals surface area contributed by atoms with E-state index >= 15 is 0 Å². The summed E-state index contributed by atoms with van der Waals surface area (Å²) >= 11 is 7.80. The highest BCUT2D eigenvalue weighted by Crippen LogP contribution is 2.36. The monoisotopic (exact) mass is 547 g/mol. The number of rotatable bonds is 12. The highest BCUT2D eigenvalue weighted by molar-refractivity contribution is 7.08. The number of hydrogen-bond acceptors (Lipinski definition) is 4. The smallest absolute Gasteiger partial charge is 0.417 e. The zero-order valence-electron chi connectivity index (χ0n) is 19.4. The van der Waals surface area contributed by atoms with Crippen molar-refractivity contribution < 1.29 is 23.0 Å². The van der Waals surface area contributed by atoms with Gasteiger partial charge in [0.05, 0.1) is 17.2 Å². The van der Waals surface area contributed by atoms with Crippen molar-refractivity contribution in [2.24, 2.45) is 0 Å². The Morgan fingerprint density at radius 1 is 1.14 bits per heavy atom. The molecule has 1 aromatic heterocycles. The number of aliphatic hydroxyl groups is 1. The van der Waals surface area contributed by atoms with E-state index in [0.717, 1.165) is 17.4 Å². The number of alkyl halides is 3. The lowest BCUT2D eigenvalue weighted by Gasteiger charge is -2.26. The molecule has 0 unspecified atom stereocenters. The summed E-state index contributed by atoms with van der Waals surface area (Å²) in [7, 11) is 0. The van der Waals surface area contributed by atoms with Crippen LogP contribution in [0.4, 0.5) is 13.2 Å². The maximum absolute atomic E-state index is 13.3. The Hall–Kier alpha value is -1.77. The number of hydrogen-bond donors (Lipinski definition) is 1. The molecule has 0 radical (unpaired) electrons. The third-order valence-electron chi connectivity index (χ3n) is 5.61. The topological polar surface area (TPSA) is 32.7 Å². The van der Waals surface area contributed by atoms with Gasteiger partial charge in [-0.25, -0.2) is 0 Å². The van der Waals surface area contributed by atoms with Crippen LogP contribution in [0.2, 0.25) is 5.02 Å². The molecule has 0 bridgehead atoms. The van der Waals surface area contributed by atoms with Crippen LogP contribution in [-0.2, 0) is 19.1 Å². The highest BCUT2D eigenvalue weighted by Gasteiger charge is 2.34. The Morgan fingerprint density at radius 3 is 2.60 bits per heavy atom. The average Bonchev–Trinajstić information content (AvgIpc) is 3.33. The zero-order valence-corrected chi connectivity index (χ0v) is 21.8. The van der Waals surface area contributed by atoms with Gasteiger partial charge in [-0.1, -0.05) is 42.8 Å². The molecule has 3 aromatic rings. The lowest BCUT2D eigenvalue weighted by Crippen LogP contribution is -2.29. The van der Waals surface area contributed by atoms with Crippen molar-refractivity contribution in [3.63, 3.8) is 0 Å². The van der Waals surface area contributed by atoms with Gasteiger partial charge in [-0.2, -0.15) is 24.5 Å². The standard InChI is InChI=1S/C26H29ClF3NO2S.ClH/c1-19(22-10-14-34-18-22)16-31(17-21-6-3-8-24(25(21)27)26(28,29)30)11-4-13-33-23-7-2-5-20(15-23)9-12-32;/h2-3,5-8,10,14-15,18-19,32H,4,9,11-13,16-17H2,1H3;1H/t19-;/m0./s1. The second kappa shape index (κ2) is 14.1. The molecule has 3 rings (SSSR count). The fraction of sp³-hybridized carbons (Fsp3) is 0.385. The number of ether oxygens (including phenoxy) is 1. The van der Waals surface area contributed by atoms with Gasteiger partial charge in [-0.3, -0.25) is 4.90 Å². The van der Waals surface area contributed by atoms with E-state index in [1.807, 2.05) is 29.6 Å². The first-order valence-electron chi connectivity index (χ1n) is 11.2. The lowest BCUT2D eigenvalue weighted by molar-refractivity contribution is -0.137. The van der Waals surface area contributed by atoms with Gasteiger partial charge < -0.3 is 9.84 Å². The third kappa shape index (κ3) is 8.99. The van der Waals surface area contributed by atoms with Crippen molar-refractivity contribution in [2.45, 2.75) is 38.4 Å². The molecule has 0 aliphatic heterocycles. The van der Waals surface area contributed by atoms with E-state index in [0.29, 0.717) is 44.6 Å². The molecule has 35 heavy (non-hydrogen) atoms. The molecule has 3 nitrogen and oxygen atoms in total. The first-order valence-corrected chi connectivity index (χ1v) is 12.5. The van der Waals surface area contributed by atoms with Crippen LogP contribution in [0.15, 0.2) is 59.3 Å². The summed E-state index contributed by atoms with van der Waals surface area (Å²) in [6.45, 7) is 4.34. The van der Waals surface area contributed by atoms with Crippen molar-refractivity contribution in [3.05, 3.63) is 86.6 Å². The van der Waals surface area contributed by atoms with E-state index in [1.54, 1.807) is 17.4 Å². The molecule has 0 fully saturated rings. The maximum atomic E-state index is 13.3. The number of thiophene rings is 1. The van der Waals surface area contributed by atoms with Gasteiger partial charge in [0.25, 0.3) is 0 Å². The summed E-state index contributed by atoms with van der Waals surface area (Å²) in [5.74, 6) is 0.969. The van der Waals surface area contributed by atoms with Crippen molar-refractivity contribution in [2.75, 3.05) is 26.3 Å². The van der Waals surface area contributed by atoms with Crippen LogP contribution in [0.3, 0.4) is 0 Å². The molecule has 0 aliphatic rings. The molecule has 0 saturated heterocycles. The van der Waals surface area contributed by atoms with E-state index in [1.165, 1.54) is 11.6 Å². The van der Waals surface area contributed by atoms with Crippen LogP contribution in [0.5, 0.6) is 5.75 Å². The van der Waals surface area contributed by atoms with E-state index in [2.05, 4.69) is 23.3 Å². The molecule has 9 heteroatoms. The van der Waals surface area contributed by atoms with Crippen LogP contribution in [0, 0.1) is 0 Å². The highest BCUT2D eigenvalue weighted by atomic mass is 35.5. The van der Waals surface area contributed by atoms with Crippen molar-refractivity contribution >= 4 is 35.3 Å². The minimum atomic E-state index is -4.49. The second-order valence-electron chi connectivity index (χ2n) is 8.29. The van der Waals surface area contributed by atoms with Gasteiger partial charge in [0.15, 0.2) is 0 Å². The number of halogens is 5. The number of benzene rings is 2. The predicted octanol–water partition coefficient (Wildman–Crippen LogP) is 7.45. The summed E-state index contributed by atoms with van der Waals surface area (Å²) < 4.78 is 45.8. The van der Waals surface area contributed by atoms with E-state index in [9.17, 15) is 13.2 Å². The molecule has 2 aromatic carbocycles. The van der Waals surface area contributed by atoms with Gasteiger partial charge in [-0.15, -0.1) is 12.4 Å². The first kappa shape index (κ1) is 29.5. The van der Waals surface area contributed by atoms with E-state index in [-0.39, 0.29) is 30.0 Å². The fourth-order valence-corrected chi connectivity index (χ4v) is 4.92. The predicted molar refractivity (Wildman–Crippen MR) is 139 cm³/mol. The minimum Gasteiger partial charge on any atom is -0.494 e. The van der Waals surface area contributed by atoms with Gasteiger partial charge in [0, 0.05) is 26.2 Å². The molecule has 0 spiro atoms. The summed E-state index contributed by atoms with van der Waals surface area (Å²) in [5.41, 5.74) is 1.88. The van der Waals surface area contributed by atoms with Crippen LogP contribution in [0.25, 0.3) is 0 Å². The molecule has 0 amide bonds. The van der Waals surface area contributed by atoms with Crippen molar-refractivity contribution in [1.82, 2.24) is 4.90 Å². The second-order valence-corrected chi connectivity index (χ2v) is 9.45. The third-order valence-corrected chi connectivity index (χ3v) is 6.76. The van der Waals surface area contributed by atoms with Gasteiger partial charge in [-0.05, 0) is 70.5 Å². The summed E-state index contributed by atoms with van der Waals surface area (Å²) in [6.07, 6.45) is -3.21. The molecule has 1 heterocycles. The summed E-state index contributed by atoms with van der Waals surface area (Å²) in [4.78, 5) is 2.13. The number of aliphatic hydroxyl groups excluding tert-OH is 1. The summed E-state index contributed by atoms with van der Waals surface area (Å²) in [5, 5.41) is 13.0. The Morgan fingerprint density at radius 2 is 1.91 bits per heavy atom. The minimum absolute atomic E-state index is 0. The normalized spacial score (nSPS) is 12.4. The molecule has 192 valence electrons. The molecule has 1 N–H and O–H groups in total. The van der Waals surface area contributed by atoms with Gasteiger partial charge in [0.1, 0.15) is 5.75 Å². The fourth-order valence-electron chi connectivity index (χ4n) is 3.84.